The fourth-order valence-corrected chi connectivity index (χ4v) is 17.1. The Balaban J connectivity index is 0.000000492. The third-order valence-electron chi connectivity index (χ3n) is 23.5. The zero-order chi connectivity index (χ0) is 102. The van der Waals surface area contributed by atoms with Gasteiger partial charge in [-0.25, -0.2) is 0 Å². The molecule has 0 saturated heterocycles. The summed E-state index contributed by atoms with van der Waals surface area (Å²) in [5.41, 5.74) is 16.3. The summed E-state index contributed by atoms with van der Waals surface area (Å²) in [5.74, 6) is 8.18. The van der Waals surface area contributed by atoms with Crippen molar-refractivity contribution in [3.63, 3.8) is 0 Å². The third-order valence-corrected chi connectivity index (χ3v) is 23.5. The number of aromatic nitrogens is 1. The zero-order valence-corrected chi connectivity index (χ0v) is 95.1. The van der Waals surface area contributed by atoms with E-state index < -0.39 is 5.60 Å². The van der Waals surface area contributed by atoms with Gasteiger partial charge in [0.2, 0.25) is 0 Å². The standard InChI is InChI=1S/C14H24O2.C14H26O2.C13H23N.C13H22O2.C13H24O.C12H21NO.C12H22O2.C12H22O.C11H20N2/c1-12(2,3)10-11(13(4,5)6)16-14(15-10)8-7-9-14;1-12(2,3)10-11(13(4,5)6)16-9-8-14(10,7)15;1-9-8-10(12(2,3)4)11(14-9)13(5,6)7;1-12(2,3)10-9(14)7-8-15-11(10)13(4,5)6;1-12(2,3)10-8-7-9-14-11(10)13(4,5)6;1-8-9(11(2,3)4)10(14-13-8)12(5,6)7;1-11(2,3)9-10(12(4,5)6)14-8-7-13-9;1-11(2,3)9-7-13-8-10(9)12(4,5)6;1-10(2,3)8-7-12-13-9(8)11(4,5)6/h7-9H2,1-6H3;15H,8-9H2,1-7H3;8H2,1-7H3;7-8H2,1-6H3;7-9H2,1-6H3;1-7H3;7-8H2,1-6H3;7-8H2,1-6H3;7H2,1-6H3. The number of aryl methyl sites for hydroxylation is 1. The maximum atomic E-state index is 12.0. The molecule has 1 N–H and O–H groups in total. The molecule has 0 bridgehead atoms. The molecule has 1 atom stereocenters. The highest BCUT2D eigenvalue weighted by molar-refractivity contribution is 5.97. The van der Waals surface area contributed by atoms with Gasteiger partial charge >= 0.3 is 0 Å². The highest BCUT2D eigenvalue weighted by atomic mass is 16.7. The third kappa shape index (κ3) is 36.0. The average Bonchev–Trinajstić information content (AvgIpc) is 1.72. The first-order valence-corrected chi connectivity index (χ1v) is 49.1. The molecule has 0 aromatic carbocycles. The van der Waals surface area contributed by atoms with Crippen molar-refractivity contribution in [1.29, 1.82) is 0 Å². The van der Waals surface area contributed by atoms with Gasteiger partial charge in [0.05, 0.1) is 56.6 Å². The molecule has 0 amide bonds. The summed E-state index contributed by atoms with van der Waals surface area (Å²) in [6, 6.07) is 0. The fourth-order valence-electron chi connectivity index (χ4n) is 17.1. The molecule has 129 heavy (non-hydrogen) atoms. The largest absolute Gasteiger partial charge is 0.497 e. The second-order valence-electron chi connectivity index (χ2n) is 56.5. The van der Waals surface area contributed by atoms with Gasteiger partial charge in [0.25, 0.3) is 5.79 Å². The van der Waals surface area contributed by atoms with Gasteiger partial charge in [0, 0.05) is 114 Å². The summed E-state index contributed by atoms with van der Waals surface area (Å²) in [6.45, 7) is 130. The van der Waals surface area contributed by atoms with Crippen LogP contribution in [-0.2, 0) is 53.5 Å². The van der Waals surface area contributed by atoms with Crippen LogP contribution in [0.5, 0.6) is 0 Å². The molecule has 1 aromatic heterocycles. The number of ether oxygens (including phenoxy) is 8. The molecule has 10 rings (SSSR count). The summed E-state index contributed by atoms with van der Waals surface area (Å²) in [7, 11) is 0. The first kappa shape index (κ1) is 120. The smallest absolute Gasteiger partial charge is 0.250 e. The molecule has 1 aromatic rings. The minimum atomic E-state index is -0.737. The fraction of sp³-hybridized carbons (Fsp3) is 0.816. The molecule has 1 saturated carbocycles. The Morgan fingerprint density at radius 3 is 0.977 bits per heavy atom. The Labute approximate surface area is 795 Å². The van der Waals surface area contributed by atoms with Crippen molar-refractivity contribution in [2.75, 3.05) is 52.8 Å². The van der Waals surface area contributed by atoms with E-state index in [1.807, 2.05) is 13.8 Å². The van der Waals surface area contributed by atoms with E-state index in [0.29, 0.717) is 39.3 Å². The number of hydrogen-bond donors (Lipinski definition) is 1. The highest BCUT2D eigenvalue weighted by Gasteiger charge is 2.53. The van der Waals surface area contributed by atoms with E-state index in [1.54, 1.807) is 0 Å². The van der Waals surface area contributed by atoms with E-state index in [2.05, 4.69) is 396 Å². The topological polar surface area (TPSA) is 174 Å². The molecule has 9 aliphatic rings. The van der Waals surface area contributed by atoms with Crippen LogP contribution in [0.4, 0.5) is 0 Å². The average molecular weight is 1810 g/mol. The normalized spacial score (nSPS) is 20.3. The van der Waals surface area contributed by atoms with Crippen molar-refractivity contribution in [3.05, 3.63) is 108 Å². The van der Waals surface area contributed by atoms with E-state index in [-0.39, 0.29) is 109 Å². The predicted molar refractivity (Wildman–Crippen MR) is 547 cm³/mol. The van der Waals surface area contributed by atoms with Crippen molar-refractivity contribution >= 4 is 11.5 Å². The second-order valence-corrected chi connectivity index (χ2v) is 56.5. The van der Waals surface area contributed by atoms with Crippen molar-refractivity contribution in [2.24, 2.45) is 102 Å². The summed E-state index contributed by atoms with van der Waals surface area (Å²) in [6.07, 6.45) is 7.93. The number of hydrogen-bond acceptors (Lipinski definition) is 15. The first-order valence-electron chi connectivity index (χ1n) is 49.1. The van der Waals surface area contributed by atoms with Crippen LogP contribution < -0.4 is 0 Å². The Morgan fingerprint density at radius 2 is 0.698 bits per heavy atom. The van der Waals surface area contributed by atoms with Crippen LogP contribution in [0.15, 0.2) is 110 Å². The number of azo groups is 1. The number of aliphatic imine (C=N–C) groups is 1. The van der Waals surface area contributed by atoms with Crippen molar-refractivity contribution in [2.45, 2.75) is 468 Å². The summed E-state index contributed by atoms with van der Waals surface area (Å²) in [5, 5.41) is 23.0. The van der Waals surface area contributed by atoms with E-state index >= 15 is 0 Å². The lowest BCUT2D eigenvalue weighted by Gasteiger charge is -2.43. The molecule has 746 valence electrons. The molecule has 1 spiro atoms. The van der Waals surface area contributed by atoms with Gasteiger partial charge < -0.3 is 47.5 Å². The monoisotopic (exact) mass is 1810 g/mol. The van der Waals surface area contributed by atoms with Gasteiger partial charge in [0.15, 0.2) is 5.78 Å². The lowest BCUT2D eigenvalue weighted by Crippen LogP contribution is -2.42. The number of carbonyl (C=O) groups excluding carboxylic acids is 1. The van der Waals surface area contributed by atoms with E-state index in [1.165, 1.54) is 75.6 Å². The number of nitrogens with zero attached hydrogens (tertiary/aromatic N) is 4. The number of ketones is 1. The van der Waals surface area contributed by atoms with Crippen molar-refractivity contribution < 1.29 is 52.3 Å². The number of aliphatic hydroxyl groups is 1. The molecule has 15 heteroatoms. The quantitative estimate of drug-likeness (QED) is 0.244. The Morgan fingerprint density at radius 1 is 0.326 bits per heavy atom. The van der Waals surface area contributed by atoms with Crippen molar-refractivity contribution in [3.8, 4) is 0 Å². The molecule has 1 unspecified atom stereocenters. The summed E-state index contributed by atoms with van der Waals surface area (Å²) >= 11 is 0. The van der Waals surface area contributed by atoms with Gasteiger partial charge in [-0.15, -0.1) is 0 Å². The molecular formula is C114H204N4O11. The van der Waals surface area contributed by atoms with Crippen LogP contribution in [0.25, 0.3) is 0 Å². The molecule has 0 radical (unpaired) electrons. The number of rotatable bonds is 0. The number of allylic oxidation sites excluding steroid dienone is 12. The minimum Gasteiger partial charge on any atom is -0.497 e. The van der Waals surface area contributed by atoms with E-state index in [4.69, 9.17) is 47.4 Å². The second kappa shape index (κ2) is 42.5. The number of carbonyl (C=O) groups is 1. The van der Waals surface area contributed by atoms with Gasteiger partial charge in [-0.3, -0.25) is 9.79 Å². The van der Waals surface area contributed by atoms with Gasteiger partial charge in [-0.05, 0) is 111 Å². The Bertz CT molecular complexity index is 4050. The molecule has 9 heterocycles. The van der Waals surface area contributed by atoms with E-state index in [0.717, 1.165) is 103 Å². The maximum Gasteiger partial charge on any atom is 0.250 e. The van der Waals surface area contributed by atoms with Crippen LogP contribution in [0.1, 0.15) is 456 Å². The van der Waals surface area contributed by atoms with Gasteiger partial charge in [0.1, 0.15) is 59.3 Å². The molecule has 8 aliphatic heterocycles. The van der Waals surface area contributed by atoms with Crippen LogP contribution in [0.2, 0.25) is 0 Å². The van der Waals surface area contributed by atoms with Crippen LogP contribution in [-0.4, -0.2) is 85.9 Å². The van der Waals surface area contributed by atoms with Crippen LogP contribution in [0.3, 0.4) is 0 Å². The molecule has 15 nitrogen and oxygen atoms in total. The molecule has 1 aliphatic carbocycles. The highest BCUT2D eigenvalue weighted by Crippen LogP contribution is 2.55. The minimum absolute atomic E-state index is 0.0295. The number of Topliss-reactive ketones (excluding diaryl/α,β-unsaturated/α-hetero) is 1. The van der Waals surface area contributed by atoms with Gasteiger partial charge in [-0.1, -0.05) is 379 Å². The Hall–Kier alpha value is -5.41. The molecule has 1 fully saturated rings. The summed E-state index contributed by atoms with van der Waals surface area (Å²) < 4.78 is 52.2. The van der Waals surface area contributed by atoms with Crippen LogP contribution >= 0.6 is 0 Å². The zero-order valence-electron chi connectivity index (χ0n) is 95.1. The first-order chi connectivity index (χ1) is 56.9. The predicted octanol–water partition coefficient (Wildman–Crippen LogP) is 33.5. The SMILES string of the molecule is CC(C)(C)C1=C(C(C)(C)C)C(=O)CCO1.CC(C)(C)C1=C(C(C)(C)C)C(C)(O)CCO1.CC(C)(C)C1=C(C(C)(C)C)COC1.CC(C)(C)C1=C(C(C)(C)C)N=NC1.CC(C)(C)C1=C(C(C)(C)C)OC2(CCC2)O1.CC(C)(C)C1=C(C(C)(C)C)OCCC1.CC(C)(C)C1=C(C(C)(C)C)OCCO1.CC1=NC(C(C)(C)C)=C(C(C)(C)C)C1.Cc1noc(C(C)(C)C)c1C(C)(C)C. The maximum absolute atomic E-state index is 12.0. The molecular weight excluding hydrogens is 1600 g/mol. The lowest BCUT2D eigenvalue weighted by molar-refractivity contribution is -0.212. The van der Waals surface area contributed by atoms with Gasteiger partial charge in [-0.2, -0.15) is 10.2 Å². The summed E-state index contributed by atoms with van der Waals surface area (Å²) in [4.78, 5) is 16.7. The van der Waals surface area contributed by atoms with E-state index in [9.17, 15) is 9.90 Å². The lowest BCUT2D eigenvalue weighted by atomic mass is 9.70. The van der Waals surface area contributed by atoms with Crippen molar-refractivity contribution in [1.82, 2.24) is 5.16 Å². The van der Waals surface area contributed by atoms with Crippen LogP contribution in [0, 0.1) is 93.6 Å². The Kier molecular flexibility index (Phi) is 39.4.